The van der Waals surface area contributed by atoms with Crippen LogP contribution in [0.15, 0.2) is 54.4 Å². The molecule has 1 amide bonds. The number of benzene rings is 1. The third-order valence-electron chi connectivity index (χ3n) is 4.91. The van der Waals surface area contributed by atoms with E-state index in [1.165, 1.54) is 4.90 Å². The van der Waals surface area contributed by atoms with Crippen molar-refractivity contribution < 1.29 is 19.4 Å². The smallest absolute Gasteiger partial charge is 0.295 e. The largest absolute Gasteiger partial charge is 0.507 e. The fourth-order valence-electron chi connectivity index (χ4n) is 3.46. The first-order valence-electron chi connectivity index (χ1n) is 9.41. The molecular formula is C22H25N3O4. The number of carbonyl (C=O) groups is 2. The number of pyridine rings is 1. The molecule has 152 valence electrons. The Morgan fingerprint density at radius 3 is 2.52 bits per heavy atom. The minimum absolute atomic E-state index is 0.0815. The minimum Gasteiger partial charge on any atom is -0.507 e. The van der Waals surface area contributed by atoms with Gasteiger partial charge in [-0.15, -0.1) is 0 Å². The average Bonchev–Trinajstić information content (AvgIpc) is 2.98. The number of carbonyl (C=O) groups excluding carboxylic acids is 2. The first-order chi connectivity index (χ1) is 13.9. The van der Waals surface area contributed by atoms with Crippen LogP contribution in [0, 0.1) is 0 Å². The second-order valence-electron chi connectivity index (χ2n) is 7.16. The minimum atomic E-state index is -0.683. The van der Waals surface area contributed by atoms with E-state index in [0.717, 1.165) is 6.54 Å². The van der Waals surface area contributed by atoms with E-state index < -0.39 is 17.7 Å². The maximum atomic E-state index is 12.9. The Labute approximate surface area is 170 Å². The summed E-state index contributed by atoms with van der Waals surface area (Å²) in [6, 6.07) is 9.60. The number of Topliss-reactive ketones (excluding diaryl/α,β-unsaturated/α-hetero) is 1. The van der Waals surface area contributed by atoms with E-state index in [0.29, 0.717) is 29.8 Å². The highest BCUT2D eigenvalue weighted by atomic mass is 16.5. The summed E-state index contributed by atoms with van der Waals surface area (Å²) in [4.78, 5) is 33.3. The summed E-state index contributed by atoms with van der Waals surface area (Å²) in [6.45, 7) is 1.18. The van der Waals surface area contributed by atoms with Crippen LogP contribution in [0.2, 0.25) is 0 Å². The van der Waals surface area contributed by atoms with E-state index in [1.54, 1.807) is 49.8 Å². The van der Waals surface area contributed by atoms with Gasteiger partial charge in [-0.1, -0.05) is 6.07 Å². The van der Waals surface area contributed by atoms with Crippen LogP contribution in [-0.2, 0) is 9.59 Å². The van der Waals surface area contributed by atoms with Crippen molar-refractivity contribution in [2.45, 2.75) is 12.5 Å². The van der Waals surface area contributed by atoms with Crippen molar-refractivity contribution in [1.29, 1.82) is 0 Å². The van der Waals surface area contributed by atoms with E-state index in [-0.39, 0.29) is 11.3 Å². The molecule has 1 aliphatic rings. The fourth-order valence-corrected chi connectivity index (χ4v) is 3.46. The molecule has 1 aromatic carbocycles. The van der Waals surface area contributed by atoms with E-state index in [9.17, 15) is 14.7 Å². The third kappa shape index (κ3) is 4.30. The van der Waals surface area contributed by atoms with Gasteiger partial charge in [0.25, 0.3) is 11.7 Å². The molecule has 3 rings (SSSR count). The predicted molar refractivity (Wildman–Crippen MR) is 109 cm³/mol. The van der Waals surface area contributed by atoms with Gasteiger partial charge < -0.3 is 19.6 Å². The number of rotatable bonds is 7. The van der Waals surface area contributed by atoms with Crippen LogP contribution >= 0.6 is 0 Å². The molecule has 29 heavy (non-hydrogen) atoms. The van der Waals surface area contributed by atoms with Crippen LogP contribution in [-0.4, -0.2) is 65.9 Å². The van der Waals surface area contributed by atoms with Gasteiger partial charge in [-0.2, -0.15) is 0 Å². The Kier molecular flexibility index (Phi) is 6.29. The molecular weight excluding hydrogens is 370 g/mol. The van der Waals surface area contributed by atoms with E-state index in [1.807, 2.05) is 25.1 Å². The summed E-state index contributed by atoms with van der Waals surface area (Å²) in [5, 5.41) is 10.9. The van der Waals surface area contributed by atoms with Crippen LogP contribution in [0.25, 0.3) is 5.76 Å². The SMILES string of the molecule is COc1ccc(C(O)=C2C(=O)C(=O)N(CCCN(C)C)[C@H]2c2cccnc2)cc1. The lowest BCUT2D eigenvalue weighted by Crippen LogP contribution is -2.32. The molecule has 2 aromatic rings. The number of methoxy groups -OCH3 is 1. The van der Waals surface area contributed by atoms with Gasteiger partial charge in [-0.05, 0) is 63.0 Å². The maximum absolute atomic E-state index is 12.9. The zero-order chi connectivity index (χ0) is 21.0. The number of nitrogens with zero attached hydrogens (tertiary/aromatic N) is 3. The molecule has 0 saturated carbocycles. The van der Waals surface area contributed by atoms with Gasteiger partial charge in [-0.25, -0.2) is 0 Å². The van der Waals surface area contributed by atoms with E-state index in [2.05, 4.69) is 4.98 Å². The number of hydrogen-bond donors (Lipinski definition) is 1. The summed E-state index contributed by atoms with van der Waals surface area (Å²) in [5.41, 5.74) is 1.22. The van der Waals surface area contributed by atoms with E-state index in [4.69, 9.17) is 4.74 Å². The topological polar surface area (TPSA) is 83.0 Å². The highest BCUT2D eigenvalue weighted by Gasteiger charge is 2.45. The van der Waals surface area contributed by atoms with Crippen molar-refractivity contribution >= 4 is 17.4 Å². The van der Waals surface area contributed by atoms with Crippen LogP contribution in [0.4, 0.5) is 0 Å². The zero-order valence-electron chi connectivity index (χ0n) is 16.8. The summed E-state index contributed by atoms with van der Waals surface area (Å²) in [7, 11) is 5.46. The van der Waals surface area contributed by atoms with Crippen LogP contribution in [0.1, 0.15) is 23.6 Å². The van der Waals surface area contributed by atoms with Gasteiger partial charge >= 0.3 is 0 Å². The number of amides is 1. The lowest BCUT2D eigenvalue weighted by atomic mass is 9.96. The number of hydrogen-bond acceptors (Lipinski definition) is 6. The maximum Gasteiger partial charge on any atom is 0.295 e. The number of likely N-dealkylation sites (tertiary alicyclic amines) is 1. The summed E-state index contributed by atoms with van der Waals surface area (Å²) in [6.07, 6.45) is 3.96. The number of ether oxygens (including phenoxy) is 1. The molecule has 0 radical (unpaired) electrons. The lowest BCUT2D eigenvalue weighted by Gasteiger charge is -2.25. The Bertz CT molecular complexity index is 907. The molecule has 1 N–H and O–H groups in total. The Morgan fingerprint density at radius 2 is 1.93 bits per heavy atom. The second-order valence-corrected chi connectivity index (χ2v) is 7.16. The fraction of sp³-hybridized carbons (Fsp3) is 0.318. The van der Waals surface area contributed by atoms with Crippen molar-refractivity contribution in [3.63, 3.8) is 0 Å². The number of ketones is 1. The van der Waals surface area contributed by atoms with Crippen molar-refractivity contribution in [2.24, 2.45) is 0 Å². The van der Waals surface area contributed by atoms with Gasteiger partial charge in [0.2, 0.25) is 0 Å². The number of aliphatic hydroxyl groups excluding tert-OH is 1. The molecule has 0 unspecified atom stereocenters. The molecule has 1 fully saturated rings. The quantitative estimate of drug-likeness (QED) is 0.441. The number of aromatic nitrogens is 1. The van der Waals surface area contributed by atoms with E-state index >= 15 is 0 Å². The first-order valence-corrected chi connectivity index (χ1v) is 9.41. The third-order valence-corrected chi connectivity index (χ3v) is 4.91. The molecule has 7 nitrogen and oxygen atoms in total. The van der Waals surface area contributed by atoms with Gasteiger partial charge in [0.1, 0.15) is 11.5 Å². The summed E-state index contributed by atoms with van der Waals surface area (Å²) in [5.74, 6) is -0.853. The Hall–Kier alpha value is -3.19. The molecule has 1 aliphatic heterocycles. The Morgan fingerprint density at radius 1 is 1.21 bits per heavy atom. The normalized spacial score (nSPS) is 18.5. The molecule has 2 heterocycles. The highest BCUT2D eigenvalue weighted by molar-refractivity contribution is 6.46. The summed E-state index contributed by atoms with van der Waals surface area (Å²) >= 11 is 0. The lowest BCUT2D eigenvalue weighted by molar-refractivity contribution is -0.139. The van der Waals surface area contributed by atoms with Gasteiger partial charge in [0, 0.05) is 24.5 Å². The molecule has 0 aliphatic carbocycles. The van der Waals surface area contributed by atoms with Gasteiger partial charge in [0.15, 0.2) is 0 Å². The molecule has 0 bridgehead atoms. The standard InChI is InChI=1S/C22H25N3O4/c1-24(2)12-5-13-25-19(16-6-4-11-23-14-16)18(21(27)22(25)28)20(26)15-7-9-17(29-3)10-8-15/h4,6-11,14,19,26H,5,12-13H2,1-3H3/t19-/m0/s1. The molecule has 1 atom stereocenters. The zero-order valence-corrected chi connectivity index (χ0v) is 16.8. The van der Waals surface area contributed by atoms with Crippen molar-refractivity contribution in [1.82, 2.24) is 14.8 Å². The first kappa shape index (κ1) is 20.5. The van der Waals surface area contributed by atoms with Crippen molar-refractivity contribution in [3.8, 4) is 5.75 Å². The highest BCUT2D eigenvalue weighted by Crippen LogP contribution is 2.39. The molecule has 1 aromatic heterocycles. The Balaban J connectivity index is 2.05. The second kappa shape index (κ2) is 8.87. The summed E-state index contributed by atoms with van der Waals surface area (Å²) < 4.78 is 5.14. The van der Waals surface area contributed by atoms with Crippen LogP contribution in [0.5, 0.6) is 5.75 Å². The van der Waals surface area contributed by atoms with Crippen molar-refractivity contribution in [3.05, 3.63) is 65.5 Å². The molecule has 1 saturated heterocycles. The van der Waals surface area contributed by atoms with Gasteiger partial charge in [0.05, 0.1) is 18.7 Å². The molecule has 0 spiro atoms. The van der Waals surface area contributed by atoms with Crippen LogP contribution in [0.3, 0.4) is 0 Å². The van der Waals surface area contributed by atoms with Crippen LogP contribution < -0.4 is 4.74 Å². The monoisotopic (exact) mass is 395 g/mol. The predicted octanol–water partition coefficient (Wildman–Crippen LogP) is 2.46. The molecule has 7 heteroatoms. The van der Waals surface area contributed by atoms with Crippen molar-refractivity contribution in [2.75, 3.05) is 34.3 Å². The van der Waals surface area contributed by atoms with Gasteiger partial charge in [-0.3, -0.25) is 14.6 Å². The number of aliphatic hydroxyl groups is 1. The average molecular weight is 395 g/mol.